The van der Waals surface area contributed by atoms with Crippen LogP contribution in [0.4, 0.5) is 27.6 Å². The number of hydrogen-bond donors (Lipinski definition) is 2. The molecular formula is C38H43BFN9O5. The van der Waals surface area contributed by atoms with Crippen molar-refractivity contribution in [1.82, 2.24) is 19.9 Å². The van der Waals surface area contributed by atoms with Gasteiger partial charge in [-0.3, -0.25) is 14.4 Å². The van der Waals surface area contributed by atoms with Crippen molar-refractivity contribution in [2.45, 2.75) is 65.5 Å². The molecule has 2 aliphatic rings. The number of benzene rings is 2. The van der Waals surface area contributed by atoms with Crippen LogP contribution in [0.3, 0.4) is 0 Å². The number of nitrogens with two attached hydrogens (primary N) is 2. The second-order valence-electron chi connectivity index (χ2n) is 12.6. The minimum Gasteiger partial charge on any atom is -0.463 e. The summed E-state index contributed by atoms with van der Waals surface area (Å²) in [6.07, 6.45) is 5.08. The second-order valence-corrected chi connectivity index (χ2v) is 12.6. The van der Waals surface area contributed by atoms with E-state index < -0.39 is 0 Å². The van der Waals surface area contributed by atoms with E-state index in [9.17, 15) is 14.4 Å². The maximum absolute atomic E-state index is 12.2. The zero-order valence-electron chi connectivity index (χ0n) is 30.5. The fourth-order valence-corrected chi connectivity index (χ4v) is 5.83. The largest absolute Gasteiger partial charge is 0.463 e. The lowest BCUT2D eigenvalue weighted by molar-refractivity contribution is -0.118. The van der Waals surface area contributed by atoms with E-state index in [0.717, 1.165) is 43.1 Å². The highest BCUT2D eigenvalue weighted by Crippen LogP contribution is 2.32. The Hall–Kier alpha value is -6.11. The molecule has 0 aliphatic carbocycles. The zero-order valence-corrected chi connectivity index (χ0v) is 30.5. The van der Waals surface area contributed by atoms with Crippen molar-refractivity contribution in [3.05, 3.63) is 81.9 Å². The summed E-state index contributed by atoms with van der Waals surface area (Å²) in [7, 11) is 3.00. The van der Waals surface area contributed by atoms with Crippen LogP contribution in [0.5, 0.6) is 12.0 Å². The van der Waals surface area contributed by atoms with Crippen LogP contribution in [0.2, 0.25) is 0 Å². The summed E-state index contributed by atoms with van der Waals surface area (Å²) in [6.45, 7) is 6.59. The molecule has 0 unspecified atom stereocenters. The Bertz CT molecular complexity index is 1980. The molecule has 54 heavy (non-hydrogen) atoms. The zero-order chi connectivity index (χ0) is 39.0. The number of ether oxygens (including phenoxy) is 2. The van der Waals surface area contributed by atoms with Gasteiger partial charge in [-0.1, -0.05) is 57.0 Å². The molecule has 0 atom stereocenters. The number of anilines is 4. The summed E-state index contributed by atoms with van der Waals surface area (Å²) in [5, 5.41) is 9.07. The van der Waals surface area contributed by atoms with Gasteiger partial charge in [-0.2, -0.15) is 25.2 Å². The normalized spacial score (nSPS) is 12.9. The van der Waals surface area contributed by atoms with Crippen LogP contribution in [0.25, 0.3) is 0 Å². The summed E-state index contributed by atoms with van der Waals surface area (Å²) in [5.74, 6) is 1.93. The number of hydrogen-bond acceptors (Lipinski definition) is 14. The number of Topliss-reactive ketones (excluding diaryl/α,β-unsaturated/α-hetero) is 2. The number of ketones is 2. The topological polar surface area (TPSA) is 204 Å². The van der Waals surface area contributed by atoms with E-state index in [-0.39, 0.29) is 61.2 Å². The van der Waals surface area contributed by atoms with Gasteiger partial charge in [-0.05, 0) is 42.2 Å². The molecule has 4 aromatic rings. The molecule has 2 aromatic carbocycles. The first-order valence-corrected chi connectivity index (χ1v) is 17.6. The van der Waals surface area contributed by atoms with Crippen LogP contribution in [-0.4, -0.2) is 72.2 Å². The molecule has 0 saturated carbocycles. The Morgan fingerprint density at radius 1 is 0.796 bits per heavy atom. The van der Waals surface area contributed by atoms with E-state index in [1.54, 1.807) is 18.2 Å². The number of carbonyl (C=O) groups is 3. The Labute approximate surface area is 315 Å². The molecule has 4 N–H and O–H groups in total. The molecule has 16 heteroatoms. The van der Waals surface area contributed by atoms with Gasteiger partial charge in [0.05, 0.1) is 37.9 Å². The Morgan fingerprint density at radius 3 is 1.74 bits per heavy atom. The van der Waals surface area contributed by atoms with Crippen LogP contribution < -0.4 is 30.7 Å². The summed E-state index contributed by atoms with van der Waals surface area (Å²) in [5.41, 5.74) is 16.4. The predicted octanol–water partition coefficient (Wildman–Crippen LogP) is 4.46. The van der Waals surface area contributed by atoms with Gasteiger partial charge in [0.25, 0.3) is 0 Å². The van der Waals surface area contributed by atoms with Gasteiger partial charge in [0, 0.05) is 42.6 Å². The third-order valence-corrected chi connectivity index (χ3v) is 8.42. The van der Waals surface area contributed by atoms with Gasteiger partial charge in [0.2, 0.25) is 0 Å². The number of aldehydes is 1. The molecule has 2 aliphatic heterocycles. The molecule has 0 spiro atoms. The summed E-state index contributed by atoms with van der Waals surface area (Å²) >= 11 is 0. The number of nitriles is 1. The molecule has 0 fully saturated rings. The van der Waals surface area contributed by atoms with E-state index in [0.29, 0.717) is 60.2 Å². The number of unbranched alkanes of at least 4 members (excludes halogenated alkanes) is 2. The van der Waals surface area contributed by atoms with Gasteiger partial charge in [-0.15, -0.1) is 0 Å². The highest BCUT2D eigenvalue weighted by molar-refractivity contribution is 5.96. The summed E-state index contributed by atoms with van der Waals surface area (Å²) in [4.78, 5) is 56.4. The highest BCUT2D eigenvalue weighted by atomic mass is 19.1. The smallest absolute Gasteiger partial charge is 0.350 e. The van der Waals surface area contributed by atoms with Crippen molar-refractivity contribution >= 4 is 49.2 Å². The number of rotatable bonds is 13. The molecular weight excluding hydrogens is 692 g/mol. The van der Waals surface area contributed by atoms with Crippen LogP contribution in [0.1, 0.15) is 77.7 Å². The summed E-state index contributed by atoms with van der Waals surface area (Å²) in [6, 6.07) is 17.2. The lowest BCUT2D eigenvalue weighted by atomic mass is 10.0. The van der Waals surface area contributed by atoms with Crippen molar-refractivity contribution in [2.75, 3.05) is 47.6 Å². The SMILES string of the molecule is CCCCOc1nc(N)c2c(n1)N(Cc1cccc(C#N)c1)CC(=O)C2.CCCCOc1nc(N)c2c(n1)N(Cc1cccc(C=O)c1)CC(=O)C2.[B]F. The van der Waals surface area contributed by atoms with Gasteiger partial charge in [0.1, 0.15) is 29.6 Å². The maximum atomic E-state index is 12.2. The molecule has 2 aromatic heterocycles. The molecule has 2 radical (unpaired) electrons. The fraction of sp³-hybridized carbons (Fsp3) is 0.368. The highest BCUT2D eigenvalue weighted by Gasteiger charge is 2.29. The monoisotopic (exact) mass is 735 g/mol. The van der Waals surface area contributed by atoms with E-state index in [2.05, 4.69) is 48.0 Å². The van der Waals surface area contributed by atoms with E-state index in [1.807, 2.05) is 40.1 Å². The number of aromatic nitrogens is 4. The van der Waals surface area contributed by atoms with Gasteiger partial charge in [-0.25, -0.2) is 0 Å². The van der Waals surface area contributed by atoms with E-state index in [4.69, 9.17) is 30.5 Å². The third kappa shape index (κ3) is 11.0. The minimum absolute atomic E-state index is 0.0546. The Balaban J connectivity index is 0.000000230. The Morgan fingerprint density at radius 2 is 1.28 bits per heavy atom. The summed E-state index contributed by atoms with van der Waals surface area (Å²) < 4.78 is 20.2. The third-order valence-electron chi connectivity index (χ3n) is 8.42. The minimum atomic E-state index is 0.0546. The average Bonchev–Trinajstić information content (AvgIpc) is 3.17. The molecule has 0 bridgehead atoms. The molecule has 14 nitrogen and oxygen atoms in total. The van der Waals surface area contributed by atoms with Crippen LogP contribution in [-0.2, 0) is 35.5 Å². The number of nitrogens with zero attached hydrogens (tertiary/aromatic N) is 7. The first kappa shape index (κ1) is 40.7. The maximum Gasteiger partial charge on any atom is 0.350 e. The fourth-order valence-electron chi connectivity index (χ4n) is 5.83. The second kappa shape index (κ2) is 20.2. The van der Waals surface area contributed by atoms with Gasteiger partial charge in [0.15, 0.2) is 11.6 Å². The van der Waals surface area contributed by atoms with Crippen LogP contribution in [0, 0.1) is 11.3 Å². The average molecular weight is 736 g/mol. The lowest BCUT2D eigenvalue weighted by Gasteiger charge is -2.30. The first-order chi connectivity index (χ1) is 26.2. The van der Waals surface area contributed by atoms with E-state index >= 15 is 0 Å². The number of fused-ring (bicyclic) bond motifs is 2. The van der Waals surface area contributed by atoms with Crippen LogP contribution in [0.15, 0.2) is 48.5 Å². The molecule has 0 saturated heterocycles. The lowest BCUT2D eigenvalue weighted by Crippen LogP contribution is -2.36. The van der Waals surface area contributed by atoms with Crippen molar-refractivity contribution in [1.29, 1.82) is 5.26 Å². The van der Waals surface area contributed by atoms with Crippen molar-refractivity contribution in [3.63, 3.8) is 0 Å². The first-order valence-electron chi connectivity index (χ1n) is 17.6. The number of carbonyl (C=O) groups excluding carboxylic acids is 3. The van der Waals surface area contributed by atoms with E-state index in [1.165, 1.54) is 0 Å². The van der Waals surface area contributed by atoms with Gasteiger partial charge < -0.3 is 35.1 Å². The quantitative estimate of drug-likeness (QED) is 0.111. The van der Waals surface area contributed by atoms with Crippen molar-refractivity contribution in [2.24, 2.45) is 0 Å². The van der Waals surface area contributed by atoms with Crippen molar-refractivity contribution in [3.8, 4) is 18.1 Å². The predicted molar refractivity (Wildman–Crippen MR) is 203 cm³/mol. The Kier molecular flexibility index (Phi) is 15.2. The van der Waals surface area contributed by atoms with Gasteiger partial charge >= 0.3 is 20.1 Å². The number of halogens is 1. The molecule has 280 valence electrons. The van der Waals surface area contributed by atoms with Crippen molar-refractivity contribution < 1.29 is 28.2 Å². The number of nitrogen functional groups attached to an aromatic ring is 2. The standard InChI is InChI=1S/C19H21N5O2.C19H22N4O3.BF/c1-2-3-7-26-19-22-17(21)16-9-15(25)12-24(18(16)23-19)11-14-6-4-5-13(8-14)10-20;1-2-3-7-26-19-21-17(20)16-9-15(25)11-23(18(16)22-19)10-13-5-4-6-14(8-13)12-24;1-2/h4-6,8H,2-3,7,9,11-12H2,1H3,(H2,21,22,23);4-6,8,12H,2-3,7,9-11H2,1H3,(H2,20,21,22);. The van der Waals surface area contributed by atoms with Crippen LogP contribution >= 0.6 is 0 Å². The molecule has 6 rings (SSSR count). The molecule has 4 heterocycles. The molecule has 0 amide bonds.